The number of nitrogens with one attached hydrogen (secondary N) is 2. The van der Waals surface area contributed by atoms with Crippen LogP contribution in [-0.4, -0.2) is 26.4 Å². The lowest BCUT2D eigenvalue weighted by molar-refractivity contribution is 0.0891. The number of aromatic nitrogens is 3. The number of hydrogen-bond donors (Lipinski definition) is 2. The molecule has 0 aliphatic heterocycles. The highest BCUT2D eigenvalue weighted by molar-refractivity contribution is 6.08. The van der Waals surface area contributed by atoms with Gasteiger partial charge in [-0.3, -0.25) is 4.79 Å². The van der Waals surface area contributed by atoms with Gasteiger partial charge in [0.25, 0.3) is 5.91 Å². The summed E-state index contributed by atoms with van der Waals surface area (Å²) in [6, 6.07) is 13.5. The Morgan fingerprint density at radius 1 is 1.00 bits per heavy atom. The molecule has 1 amide bonds. The molecule has 0 aliphatic rings. The summed E-state index contributed by atoms with van der Waals surface area (Å²) in [5.41, 5.74) is 4.62. The van der Waals surface area contributed by atoms with E-state index in [0.717, 1.165) is 39.5 Å². The number of carbonyl (C=O) groups is 1. The number of aromatic amines is 1. The topological polar surface area (TPSA) is 70.7 Å². The number of carbonyl (C=O) groups excluding carboxylic acids is 1. The minimum absolute atomic E-state index is 0.0701. The minimum atomic E-state index is -0.291. The lowest BCUT2D eigenvalue weighted by Gasteiger charge is -2.33. The Balaban J connectivity index is 1.73. The number of hydrogen-bond acceptors (Lipinski definition) is 3. The van der Waals surface area contributed by atoms with Gasteiger partial charge in [0, 0.05) is 22.0 Å². The van der Waals surface area contributed by atoms with E-state index in [1.54, 1.807) is 0 Å². The molecule has 0 bridgehead atoms. The van der Waals surface area contributed by atoms with Crippen molar-refractivity contribution >= 4 is 39.0 Å². The first-order chi connectivity index (χ1) is 13.1. The SMILES string of the molecule is CC(C)(C)CC(C)(C)NC(=O)c1ccc2[nH]c3nc4ccccc4nc3c2c1. The Hall–Kier alpha value is -2.95. The summed E-state index contributed by atoms with van der Waals surface area (Å²) in [5, 5.41) is 4.09. The van der Waals surface area contributed by atoms with Gasteiger partial charge in [-0.15, -0.1) is 0 Å². The van der Waals surface area contributed by atoms with E-state index >= 15 is 0 Å². The molecule has 4 rings (SSSR count). The molecule has 5 nitrogen and oxygen atoms in total. The molecular formula is C23H26N4O. The van der Waals surface area contributed by atoms with Crippen molar-refractivity contribution < 1.29 is 4.79 Å². The van der Waals surface area contributed by atoms with Gasteiger partial charge in [-0.05, 0) is 56.0 Å². The second kappa shape index (κ2) is 6.30. The molecule has 5 heteroatoms. The molecule has 0 fully saturated rings. The molecule has 0 aliphatic carbocycles. The maximum absolute atomic E-state index is 12.9. The standard InChI is InChI=1S/C23H26N4O/c1-22(2,3)13-23(4,5)27-21(28)14-10-11-16-15(12-14)19-20(25-16)26-18-9-7-6-8-17(18)24-19/h6-12H,13H2,1-5H3,(H,25,26)(H,27,28). The van der Waals surface area contributed by atoms with Crippen LogP contribution in [0.4, 0.5) is 0 Å². The number of nitrogens with zero attached hydrogens (tertiary/aromatic N) is 2. The summed E-state index contributed by atoms with van der Waals surface area (Å²) >= 11 is 0. The van der Waals surface area contributed by atoms with Crippen molar-refractivity contribution in [3.05, 3.63) is 48.0 Å². The summed E-state index contributed by atoms with van der Waals surface area (Å²) in [6.45, 7) is 10.7. The third-order valence-electron chi connectivity index (χ3n) is 4.78. The van der Waals surface area contributed by atoms with Crippen molar-refractivity contribution in [2.45, 2.75) is 46.6 Å². The molecule has 4 aromatic rings. The van der Waals surface area contributed by atoms with Crippen LogP contribution in [-0.2, 0) is 0 Å². The number of H-pyrrole nitrogens is 1. The Bertz CT molecular complexity index is 1200. The van der Waals surface area contributed by atoms with Crippen molar-refractivity contribution in [2.75, 3.05) is 0 Å². The van der Waals surface area contributed by atoms with Crippen LogP contribution in [0.1, 0.15) is 51.4 Å². The monoisotopic (exact) mass is 374 g/mol. The maximum Gasteiger partial charge on any atom is 0.251 e. The fraction of sp³-hybridized carbons (Fsp3) is 0.348. The lowest BCUT2D eigenvalue weighted by atomic mass is 9.81. The number of benzene rings is 2. The Labute approximate surface area is 164 Å². The quantitative estimate of drug-likeness (QED) is 0.517. The third-order valence-corrected chi connectivity index (χ3v) is 4.78. The average molecular weight is 374 g/mol. The zero-order chi connectivity index (χ0) is 20.1. The number of amides is 1. The number of fused-ring (bicyclic) bond motifs is 4. The Morgan fingerprint density at radius 2 is 1.68 bits per heavy atom. The van der Waals surface area contributed by atoms with Crippen LogP contribution in [0.5, 0.6) is 0 Å². The molecule has 0 radical (unpaired) electrons. The first-order valence-electron chi connectivity index (χ1n) is 9.62. The van der Waals surface area contributed by atoms with E-state index in [-0.39, 0.29) is 16.9 Å². The van der Waals surface area contributed by atoms with Crippen LogP contribution in [0, 0.1) is 5.41 Å². The van der Waals surface area contributed by atoms with Gasteiger partial charge in [0.2, 0.25) is 0 Å². The van der Waals surface area contributed by atoms with Gasteiger partial charge in [-0.2, -0.15) is 0 Å². The smallest absolute Gasteiger partial charge is 0.251 e. The van der Waals surface area contributed by atoms with E-state index < -0.39 is 0 Å². The molecule has 2 heterocycles. The summed E-state index contributed by atoms with van der Waals surface area (Å²) in [6.07, 6.45) is 0.887. The molecule has 28 heavy (non-hydrogen) atoms. The van der Waals surface area contributed by atoms with Crippen LogP contribution in [0.15, 0.2) is 42.5 Å². The fourth-order valence-electron chi connectivity index (χ4n) is 4.14. The van der Waals surface area contributed by atoms with Gasteiger partial charge in [0.05, 0.1) is 11.0 Å². The van der Waals surface area contributed by atoms with Crippen LogP contribution in [0.2, 0.25) is 0 Å². The lowest BCUT2D eigenvalue weighted by Crippen LogP contribution is -2.45. The number of rotatable bonds is 3. The van der Waals surface area contributed by atoms with Crippen LogP contribution in [0.25, 0.3) is 33.1 Å². The van der Waals surface area contributed by atoms with Crippen molar-refractivity contribution in [3.8, 4) is 0 Å². The molecule has 144 valence electrons. The third kappa shape index (κ3) is 3.57. The van der Waals surface area contributed by atoms with E-state index in [9.17, 15) is 4.79 Å². The molecule has 0 spiro atoms. The largest absolute Gasteiger partial charge is 0.347 e. The van der Waals surface area contributed by atoms with Crippen LogP contribution >= 0.6 is 0 Å². The normalized spacial score (nSPS) is 12.8. The van der Waals surface area contributed by atoms with Crippen molar-refractivity contribution in [1.82, 2.24) is 20.3 Å². The van der Waals surface area contributed by atoms with Gasteiger partial charge in [-0.1, -0.05) is 32.9 Å². The first-order valence-corrected chi connectivity index (χ1v) is 9.62. The summed E-state index contributed by atoms with van der Waals surface area (Å²) < 4.78 is 0. The predicted molar refractivity (Wildman–Crippen MR) is 115 cm³/mol. The van der Waals surface area contributed by atoms with E-state index in [2.05, 4.69) is 49.9 Å². The highest BCUT2D eigenvalue weighted by Crippen LogP contribution is 2.28. The molecule has 0 atom stereocenters. The van der Waals surface area contributed by atoms with Crippen molar-refractivity contribution in [2.24, 2.45) is 5.41 Å². The Morgan fingerprint density at radius 3 is 2.36 bits per heavy atom. The molecule has 2 aromatic heterocycles. The summed E-state index contributed by atoms with van der Waals surface area (Å²) in [4.78, 5) is 25.6. The van der Waals surface area contributed by atoms with E-state index in [0.29, 0.717) is 5.56 Å². The van der Waals surface area contributed by atoms with E-state index in [1.807, 2.05) is 42.5 Å². The van der Waals surface area contributed by atoms with Crippen LogP contribution in [0.3, 0.4) is 0 Å². The Kier molecular flexibility index (Phi) is 4.14. The van der Waals surface area contributed by atoms with Gasteiger partial charge in [-0.25, -0.2) is 9.97 Å². The molecule has 2 aromatic carbocycles. The highest BCUT2D eigenvalue weighted by Gasteiger charge is 2.27. The van der Waals surface area contributed by atoms with Gasteiger partial charge in [0.15, 0.2) is 5.65 Å². The van der Waals surface area contributed by atoms with Gasteiger partial charge in [0.1, 0.15) is 5.52 Å². The molecule has 0 saturated carbocycles. The van der Waals surface area contributed by atoms with Gasteiger partial charge >= 0.3 is 0 Å². The predicted octanol–water partition coefficient (Wildman–Crippen LogP) is 5.21. The molecule has 0 unspecified atom stereocenters. The van der Waals surface area contributed by atoms with Crippen molar-refractivity contribution in [3.63, 3.8) is 0 Å². The first kappa shape index (κ1) is 18.4. The fourth-order valence-corrected chi connectivity index (χ4v) is 4.14. The highest BCUT2D eigenvalue weighted by atomic mass is 16.1. The zero-order valence-corrected chi connectivity index (χ0v) is 17.1. The maximum atomic E-state index is 12.9. The minimum Gasteiger partial charge on any atom is -0.347 e. The summed E-state index contributed by atoms with van der Waals surface area (Å²) in [5.74, 6) is -0.0701. The van der Waals surface area contributed by atoms with Crippen molar-refractivity contribution in [1.29, 1.82) is 0 Å². The second-order valence-electron chi connectivity index (χ2n) is 9.37. The second-order valence-corrected chi connectivity index (χ2v) is 9.37. The van der Waals surface area contributed by atoms with Gasteiger partial charge < -0.3 is 10.3 Å². The molecule has 0 saturated heterocycles. The summed E-state index contributed by atoms with van der Waals surface area (Å²) in [7, 11) is 0. The van der Waals surface area contributed by atoms with E-state index in [4.69, 9.17) is 4.98 Å². The molecule has 2 N–H and O–H groups in total. The van der Waals surface area contributed by atoms with Crippen LogP contribution < -0.4 is 5.32 Å². The average Bonchev–Trinajstić information content (AvgIpc) is 2.93. The van der Waals surface area contributed by atoms with E-state index in [1.165, 1.54) is 0 Å². The zero-order valence-electron chi connectivity index (χ0n) is 17.1. The number of para-hydroxylation sites is 2. The molecular weight excluding hydrogens is 348 g/mol.